The van der Waals surface area contributed by atoms with E-state index < -0.39 is 29.7 Å². The SMILES string of the molecule is CN(C(=O)c1cccc2c1C(=O)N(C1CCC(=O)NC1=O)C2=O)C1CCN(c2ccc(F)cc2)CC1. The van der Waals surface area contributed by atoms with Gasteiger partial charge in [-0.3, -0.25) is 34.2 Å². The van der Waals surface area contributed by atoms with Gasteiger partial charge in [-0.25, -0.2) is 4.39 Å². The number of carbonyl (C=O) groups is 5. The zero-order chi connectivity index (χ0) is 25.6. The molecule has 0 aromatic heterocycles. The Bertz CT molecular complexity index is 1270. The van der Waals surface area contributed by atoms with E-state index >= 15 is 0 Å². The topological polar surface area (TPSA) is 107 Å². The number of fused-ring (bicyclic) bond motifs is 1. The van der Waals surface area contributed by atoms with Gasteiger partial charge in [0, 0.05) is 38.3 Å². The Morgan fingerprint density at radius 2 is 1.67 bits per heavy atom. The highest BCUT2D eigenvalue weighted by Gasteiger charge is 2.46. The molecular formula is C26H25FN4O5. The van der Waals surface area contributed by atoms with Crippen molar-refractivity contribution in [2.45, 2.75) is 37.8 Å². The van der Waals surface area contributed by atoms with Gasteiger partial charge < -0.3 is 9.80 Å². The van der Waals surface area contributed by atoms with E-state index in [1.807, 2.05) is 0 Å². The minimum Gasteiger partial charge on any atom is -0.371 e. The molecule has 2 saturated heterocycles. The van der Waals surface area contributed by atoms with Crippen LogP contribution in [-0.2, 0) is 9.59 Å². The van der Waals surface area contributed by atoms with Crippen molar-refractivity contribution in [2.75, 3.05) is 25.0 Å². The van der Waals surface area contributed by atoms with Gasteiger partial charge >= 0.3 is 0 Å². The van der Waals surface area contributed by atoms with Gasteiger partial charge in [0.25, 0.3) is 17.7 Å². The number of nitrogens with one attached hydrogen (secondary N) is 1. The van der Waals surface area contributed by atoms with Crippen molar-refractivity contribution >= 4 is 35.2 Å². The summed E-state index contributed by atoms with van der Waals surface area (Å²) in [6.45, 7) is 1.36. The molecule has 1 atom stereocenters. The predicted octanol–water partition coefficient (Wildman–Crippen LogP) is 1.97. The summed E-state index contributed by atoms with van der Waals surface area (Å²) in [6.07, 6.45) is 1.44. The molecule has 0 aliphatic carbocycles. The molecule has 2 aromatic rings. The van der Waals surface area contributed by atoms with Crippen LogP contribution in [0.2, 0.25) is 0 Å². The van der Waals surface area contributed by atoms with Crippen LogP contribution in [-0.4, -0.2) is 71.6 Å². The predicted molar refractivity (Wildman–Crippen MR) is 127 cm³/mol. The van der Waals surface area contributed by atoms with Crippen molar-refractivity contribution in [2.24, 2.45) is 0 Å². The lowest BCUT2D eigenvalue weighted by Crippen LogP contribution is -2.54. The highest BCUT2D eigenvalue weighted by atomic mass is 19.1. The Hall–Kier alpha value is -4.08. The van der Waals surface area contributed by atoms with Crippen LogP contribution in [0.15, 0.2) is 42.5 Å². The summed E-state index contributed by atoms with van der Waals surface area (Å²) in [6, 6.07) is 9.67. The molecule has 186 valence electrons. The summed E-state index contributed by atoms with van der Waals surface area (Å²) in [5, 5.41) is 2.17. The molecule has 0 radical (unpaired) electrons. The minimum atomic E-state index is -1.09. The number of halogens is 1. The maximum absolute atomic E-state index is 13.5. The van der Waals surface area contributed by atoms with Crippen molar-refractivity contribution in [3.8, 4) is 0 Å². The lowest BCUT2D eigenvalue weighted by atomic mass is 9.98. The number of nitrogens with zero attached hydrogens (tertiary/aromatic N) is 3. The summed E-state index contributed by atoms with van der Waals surface area (Å²) in [5.41, 5.74) is 1.11. The Balaban J connectivity index is 1.33. The minimum absolute atomic E-state index is 0.00667. The van der Waals surface area contributed by atoms with Gasteiger partial charge in [0.15, 0.2) is 0 Å². The van der Waals surface area contributed by atoms with Crippen LogP contribution >= 0.6 is 0 Å². The molecule has 2 fully saturated rings. The summed E-state index contributed by atoms with van der Waals surface area (Å²) >= 11 is 0. The summed E-state index contributed by atoms with van der Waals surface area (Å²) in [4.78, 5) is 68.3. The third-order valence-corrected chi connectivity index (χ3v) is 7.22. The van der Waals surface area contributed by atoms with E-state index in [1.54, 1.807) is 30.1 Å². The first kappa shape index (κ1) is 23.7. The largest absolute Gasteiger partial charge is 0.371 e. The van der Waals surface area contributed by atoms with E-state index in [9.17, 15) is 28.4 Å². The highest BCUT2D eigenvalue weighted by Crippen LogP contribution is 2.31. The number of carbonyl (C=O) groups excluding carboxylic acids is 5. The van der Waals surface area contributed by atoms with Crippen molar-refractivity contribution in [3.05, 3.63) is 65.0 Å². The van der Waals surface area contributed by atoms with E-state index in [1.165, 1.54) is 24.3 Å². The van der Waals surface area contributed by atoms with Gasteiger partial charge in [-0.2, -0.15) is 0 Å². The van der Waals surface area contributed by atoms with E-state index in [4.69, 9.17) is 0 Å². The van der Waals surface area contributed by atoms with Gasteiger partial charge in [-0.15, -0.1) is 0 Å². The van der Waals surface area contributed by atoms with Crippen molar-refractivity contribution < 1.29 is 28.4 Å². The second-order valence-corrected chi connectivity index (χ2v) is 9.29. The number of anilines is 1. The maximum Gasteiger partial charge on any atom is 0.263 e. The first-order chi connectivity index (χ1) is 17.3. The Kier molecular flexibility index (Phi) is 6.03. The molecule has 3 heterocycles. The molecule has 0 saturated carbocycles. The second kappa shape index (κ2) is 9.18. The number of amides is 5. The first-order valence-electron chi connectivity index (χ1n) is 11.9. The molecule has 36 heavy (non-hydrogen) atoms. The van der Waals surface area contributed by atoms with E-state index in [0.717, 1.165) is 10.6 Å². The lowest BCUT2D eigenvalue weighted by Gasteiger charge is -2.38. The van der Waals surface area contributed by atoms with Crippen molar-refractivity contribution in [3.63, 3.8) is 0 Å². The number of hydrogen-bond acceptors (Lipinski definition) is 6. The molecule has 1 unspecified atom stereocenters. The van der Waals surface area contributed by atoms with Gasteiger partial charge in [0.2, 0.25) is 11.8 Å². The second-order valence-electron chi connectivity index (χ2n) is 9.29. The normalized spacial score (nSPS) is 20.4. The third-order valence-electron chi connectivity index (χ3n) is 7.22. The number of benzene rings is 2. The summed E-state index contributed by atoms with van der Waals surface area (Å²) in [7, 11) is 1.68. The highest BCUT2D eigenvalue weighted by molar-refractivity contribution is 6.26. The smallest absolute Gasteiger partial charge is 0.263 e. The van der Waals surface area contributed by atoms with Gasteiger partial charge in [-0.1, -0.05) is 6.07 Å². The average Bonchev–Trinajstić information content (AvgIpc) is 3.14. The van der Waals surface area contributed by atoms with E-state index in [2.05, 4.69) is 10.2 Å². The van der Waals surface area contributed by atoms with Crippen LogP contribution in [0.1, 0.15) is 56.8 Å². The molecule has 0 spiro atoms. The van der Waals surface area contributed by atoms with Crippen LogP contribution < -0.4 is 10.2 Å². The molecule has 3 aliphatic heterocycles. The zero-order valence-electron chi connectivity index (χ0n) is 19.7. The third kappa shape index (κ3) is 4.02. The molecule has 9 nitrogen and oxygen atoms in total. The Morgan fingerprint density at radius 1 is 0.972 bits per heavy atom. The monoisotopic (exact) mass is 492 g/mol. The fraction of sp³-hybridized carbons (Fsp3) is 0.346. The van der Waals surface area contributed by atoms with Crippen LogP contribution in [0.4, 0.5) is 10.1 Å². The first-order valence-corrected chi connectivity index (χ1v) is 11.9. The fourth-order valence-electron chi connectivity index (χ4n) is 5.21. The van der Waals surface area contributed by atoms with Crippen molar-refractivity contribution in [1.82, 2.24) is 15.1 Å². The molecule has 5 amide bonds. The summed E-state index contributed by atoms with van der Waals surface area (Å²) in [5.74, 6) is -3.16. The van der Waals surface area contributed by atoms with Crippen LogP contribution in [0, 0.1) is 5.82 Å². The van der Waals surface area contributed by atoms with Crippen LogP contribution in [0.5, 0.6) is 0 Å². The quantitative estimate of drug-likeness (QED) is 0.654. The maximum atomic E-state index is 13.5. The van der Waals surface area contributed by atoms with Gasteiger partial charge in [0.1, 0.15) is 11.9 Å². The Morgan fingerprint density at radius 3 is 2.33 bits per heavy atom. The Labute approximate surface area is 206 Å². The lowest BCUT2D eigenvalue weighted by molar-refractivity contribution is -0.136. The fourth-order valence-corrected chi connectivity index (χ4v) is 5.21. The number of rotatable bonds is 4. The number of hydrogen-bond donors (Lipinski definition) is 1. The zero-order valence-corrected chi connectivity index (χ0v) is 19.7. The van der Waals surface area contributed by atoms with Gasteiger partial charge in [0.05, 0.1) is 16.7 Å². The number of piperidine rings is 2. The number of imide groups is 2. The van der Waals surface area contributed by atoms with E-state index in [0.29, 0.717) is 25.9 Å². The van der Waals surface area contributed by atoms with Crippen LogP contribution in [0.3, 0.4) is 0 Å². The summed E-state index contributed by atoms with van der Waals surface area (Å²) < 4.78 is 13.2. The molecular weight excluding hydrogens is 467 g/mol. The molecule has 10 heteroatoms. The molecule has 0 bridgehead atoms. The van der Waals surface area contributed by atoms with Gasteiger partial charge in [-0.05, 0) is 55.7 Å². The van der Waals surface area contributed by atoms with E-state index in [-0.39, 0.29) is 47.3 Å². The molecule has 2 aromatic carbocycles. The van der Waals surface area contributed by atoms with Crippen LogP contribution in [0.25, 0.3) is 0 Å². The standard InChI is InChI=1S/C26H25FN4O5/c1-29(16-11-13-30(14-12-16)17-7-5-15(27)6-8-17)24(34)18-3-2-4-19-22(18)26(36)31(25(19)35)20-9-10-21(32)28-23(20)33/h2-8,16,20H,9-14H2,1H3,(H,28,32,33). The molecule has 3 aliphatic rings. The van der Waals surface area contributed by atoms with Crippen molar-refractivity contribution in [1.29, 1.82) is 0 Å². The molecule has 5 rings (SSSR count). The molecule has 1 N–H and O–H groups in total. The average molecular weight is 493 g/mol.